The Morgan fingerprint density at radius 2 is 2.14 bits per heavy atom. The molecule has 4 heteroatoms. The zero-order valence-corrected chi connectivity index (χ0v) is 7.61. The third kappa shape index (κ3) is 1.46. The van der Waals surface area contributed by atoms with Gasteiger partial charge in [-0.1, -0.05) is 0 Å². The number of phenolic OH excluding ortho intramolecular Hbond substituents is 1. The van der Waals surface area contributed by atoms with Gasteiger partial charge in [-0.2, -0.15) is 5.10 Å². The summed E-state index contributed by atoms with van der Waals surface area (Å²) in [5, 5.41) is 13.1. The molecule has 3 nitrogen and oxygen atoms in total. The highest BCUT2D eigenvalue weighted by Crippen LogP contribution is 2.23. The number of aromatic hydroxyl groups is 1. The van der Waals surface area contributed by atoms with Gasteiger partial charge in [0.05, 0.1) is 5.69 Å². The molecule has 1 heterocycles. The second-order valence-electron chi connectivity index (χ2n) is 3.04. The summed E-state index contributed by atoms with van der Waals surface area (Å²) in [6.07, 6.45) is 1.78. The largest absolute Gasteiger partial charge is 0.505 e. The lowest BCUT2D eigenvalue weighted by Crippen LogP contribution is -1.88. The van der Waals surface area contributed by atoms with Crippen molar-refractivity contribution in [1.29, 1.82) is 0 Å². The van der Waals surface area contributed by atoms with Crippen LogP contribution in [-0.4, -0.2) is 14.9 Å². The SMILES string of the molecule is Cn1ccc(-c2ccc(O)c(F)c2)n1. The highest BCUT2D eigenvalue weighted by Gasteiger charge is 2.05. The zero-order valence-electron chi connectivity index (χ0n) is 7.61. The minimum absolute atomic E-state index is 0.343. The van der Waals surface area contributed by atoms with Crippen LogP contribution in [0.2, 0.25) is 0 Å². The summed E-state index contributed by atoms with van der Waals surface area (Å²) in [5.74, 6) is -0.974. The molecule has 0 unspecified atom stereocenters. The standard InChI is InChI=1S/C10H9FN2O/c1-13-5-4-9(12-13)7-2-3-10(14)8(11)6-7/h2-6,14H,1H3. The molecule has 14 heavy (non-hydrogen) atoms. The number of benzene rings is 1. The zero-order chi connectivity index (χ0) is 10.1. The maximum atomic E-state index is 13.0. The summed E-state index contributed by atoms with van der Waals surface area (Å²) in [4.78, 5) is 0. The summed E-state index contributed by atoms with van der Waals surface area (Å²) in [6.45, 7) is 0. The van der Waals surface area contributed by atoms with Crippen LogP contribution in [-0.2, 0) is 7.05 Å². The quantitative estimate of drug-likeness (QED) is 0.749. The Hall–Kier alpha value is -1.84. The van der Waals surface area contributed by atoms with Crippen molar-refractivity contribution in [2.45, 2.75) is 0 Å². The van der Waals surface area contributed by atoms with E-state index < -0.39 is 5.82 Å². The van der Waals surface area contributed by atoms with E-state index in [0.717, 1.165) is 0 Å². The van der Waals surface area contributed by atoms with E-state index in [-0.39, 0.29) is 5.75 Å². The van der Waals surface area contributed by atoms with Gasteiger partial charge < -0.3 is 5.11 Å². The van der Waals surface area contributed by atoms with Gasteiger partial charge in [0.15, 0.2) is 11.6 Å². The molecular weight excluding hydrogens is 183 g/mol. The smallest absolute Gasteiger partial charge is 0.165 e. The lowest BCUT2D eigenvalue weighted by molar-refractivity contribution is 0.432. The Morgan fingerprint density at radius 1 is 1.36 bits per heavy atom. The first kappa shape index (κ1) is 8.74. The number of rotatable bonds is 1. The minimum atomic E-state index is -0.631. The number of aromatic nitrogens is 2. The third-order valence-electron chi connectivity index (χ3n) is 1.96. The lowest BCUT2D eigenvalue weighted by Gasteiger charge is -1.98. The molecule has 0 spiro atoms. The van der Waals surface area contributed by atoms with Gasteiger partial charge in [-0.05, 0) is 24.3 Å². The fourth-order valence-electron chi connectivity index (χ4n) is 1.24. The summed E-state index contributed by atoms with van der Waals surface area (Å²) < 4.78 is 14.6. The summed E-state index contributed by atoms with van der Waals surface area (Å²) in [6, 6.07) is 5.99. The van der Waals surface area contributed by atoms with Gasteiger partial charge in [-0.25, -0.2) is 4.39 Å². The molecule has 0 aliphatic rings. The molecular formula is C10H9FN2O. The van der Waals surface area contributed by atoms with Crippen LogP contribution in [0.1, 0.15) is 0 Å². The number of nitrogens with zero attached hydrogens (tertiary/aromatic N) is 2. The highest BCUT2D eigenvalue weighted by molar-refractivity contribution is 5.59. The monoisotopic (exact) mass is 192 g/mol. The lowest BCUT2D eigenvalue weighted by atomic mass is 10.1. The summed E-state index contributed by atoms with van der Waals surface area (Å²) in [7, 11) is 1.79. The Kier molecular flexibility index (Phi) is 1.96. The van der Waals surface area contributed by atoms with E-state index in [4.69, 9.17) is 5.11 Å². The van der Waals surface area contributed by atoms with Crippen LogP contribution in [0.3, 0.4) is 0 Å². The van der Waals surface area contributed by atoms with Crippen molar-refractivity contribution in [2.24, 2.45) is 7.05 Å². The molecule has 72 valence electrons. The van der Waals surface area contributed by atoms with Gasteiger partial charge in [0.2, 0.25) is 0 Å². The van der Waals surface area contributed by atoms with E-state index in [1.807, 2.05) is 0 Å². The number of phenols is 1. The van der Waals surface area contributed by atoms with E-state index in [1.54, 1.807) is 30.1 Å². The summed E-state index contributed by atoms with van der Waals surface area (Å²) >= 11 is 0. The number of aryl methyl sites for hydroxylation is 1. The molecule has 0 fully saturated rings. The fourth-order valence-corrected chi connectivity index (χ4v) is 1.24. The normalized spacial score (nSPS) is 10.4. The average Bonchev–Trinajstić information content (AvgIpc) is 2.57. The van der Waals surface area contributed by atoms with Gasteiger partial charge >= 0.3 is 0 Å². The number of hydrogen-bond acceptors (Lipinski definition) is 2. The van der Waals surface area contributed by atoms with Crippen LogP contribution in [0.15, 0.2) is 30.5 Å². The second kappa shape index (κ2) is 3.14. The first-order chi connectivity index (χ1) is 6.66. The molecule has 0 bridgehead atoms. The number of halogens is 1. The fraction of sp³-hybridized carbons (Fsp3) is 0.100. The average molecular weight is 192 g/mol. The van der Waals surface area contributed by atoms with E-state index in [1.165, 1.54) is 12.1 Å². The molecule has 1 aromatic carbocycles. The Labute approximate surface area is 80.4 Å². The predicted molar refractivity (Wildman–Crippen MR) is 50.3 cm³/mol. The van der Waals surface area contributed by atoms with Crippen LogP contribution < -0.4 is 0 Å². The first-order valence-corrected chi connectivity index (χ1v) is 4.15. The molecule has 0 saturated carbocycles. The Bertz CT molecular complexity index is 465. The van der Waals surface area contributed by atoms with Gasteiger partial charge in [-0.3, -0.25) is 4.68 Å². The van der Waals surface area contributed by atoms with Crippen LogP contribution >= 0.6 is 0 Å². The van der Waals surface area contributed by atoms with E-state index >= 15 is 0 Å². The molecule has 0 amide bonds. The van der Waals surface area contributed by atoms with Crippen molar-refractivity contribution < 1.29 is 9.50 Å². The third-order valence-corrected chi connectivity index (χ3v) is 1.96. The van der Waals surface area contributed by atoms with Gasteiger partial charge in [0, 0.05) is 18.8 Å². The van der Waals surface area contributed by atoms with Crippen molar-refractivity contribution in [3.63, 3.8) is 0 Å². The van der Waals surface area contributed by atoms with Crippen molar-refractivity contribution in [3.05, 3.63) is 36.3 Å². The van der Waals surface area contributed by atoms with Crippen LogP contribution in [0, 0.1) is 5.82 Å². The predicted octanol–water partition coefficient (Wildman–Crippen LogP) is 1.93. The molecule has 2 rings (SSSR count). The molecule has 0 saturated heterocycles. The Morgan fingerprint density at radius 3 is 2.71 bits per heavy atom. The van der Waals surface area contributed by atoms with Crippen molar-refractivity contribution in [2.75, 3.05) is 0 Å². The van der Waals surface area contributed by atoms with Crippen LogP contribution in [0.4, 0.5) is 4.39 Å². The minimum Gasteiger partial charge on any atom is -0.505 e. The van der Waals surface area contributed by atoms with Crippen LogP contribution in [0.5, 0.6) is 5.75 Å². The molecule has 2 aromatic rings. The Balaban J connectivity index is 2.47. The highest BCUT2D eigenvalue weighted by atomic mass is 19.1. The summed E-state index contributed by atoms with van der Waals surface area (Å²) in [5.41, 5.74) is 1.34. The van der Waals surface area contributed by atoms with Crippen molar-refractivity contribution in [1.82, 2.24) is 9.78 Å². The molecule has 0 aliphatic carbocycles. The van der Waals surface area contributed by atoms with E-state index in [9.17, 15) is 4.39 Å². The van der Waals surface area contributed by atoms with Crippen molar-refractivity contribution in [3.8, 4) is 17.0 Å². The molecule has 0 aliphatic heterocycles. The number of hydrogen-bond donors (Lipinski definition) is 1. The molecule has 1 N–H and O–H groups in total. The maximum absolute atomic E-state index is 13.0. The van der Waals surface area contributed by atoms with E-state index in [2.05, 4.69) is 5.10 Å². The van der Waals surface area contributed by atoms with Gasteiger partial charge in [-0.15, -0.1) is 0 Å². The van der Waals surface area contributed by atoms with Gasteiger partial charge in [0.1, 0.15) is 0 Å². The molecule has 0 atom stereocenters. The first-order valence-electron chi connectivity index (χ1n) is 4.15. The molecule has 1 aromatic heterocycles. The maximum Gasteiger partial charge on any atom is 0.165 e. The molecule has 0 radical (unpaired) electrons. The van der Waals surface area contributed by atoms with Crippen LogP contribution in [0.25, 0.3) is 11.3 Å². The van der Waals surface area contributed by atoms with Gasteiger partial charge in [0.25, 0.3) is 0 Å². The van der Waals surface area contributed by atoms with E-state index in [0.29, 0.717) is 11.3 Å². The van der Waals surface area contributed by atoms with Crippen molar-refractivity contribution >= 4 is 0 Å². The topological polar surface area (TPSA) is 38.0 Å². The second-order valence-corrected chi connectivity index (χ2v) is 3.04.